The minimum absolute atomic E-state index is 0.0157. The predicted octanol–water partition coefficient (Wildman–Crippen LogP) is 3.08. The second-order valence-corrected chi connectivity index (χ2v) is 6.99. The average molecular weight is 460 g/mol. The lowest BCUT2D eigenvalue weighted by atomic mass is 10.1. The summed E-state index contributed by atoms with van der Waals surface area (Å²) in [5.74, 6) is -2.00. The Labute approximate surface area is 194 Å². The number of carbonyl (C=O) groups is 3. The van der Waals surface area contributed by atoms with Gasteiger partial charge in [-0.15, -0.1) is 0 Å². The summed E-state index contributed by atoms with van der Waals surface area (Å²) in [6, 6.07) is 17.4. The number of para-hydroxylation sites is 1. The van der Waals surface area contributed by atoms with Gasteiger partial charge in [0.15, 0.2) is 11.4 Å². The number of esters is 3. The summed E-state index contributed by atoms with van der Waals surface area (Å²) in [6.07, 6.45) is 1.63. The molecule has 4 aromatic rings. The second-order valence-electron chi connectivity index (χ2n) is 6.99. The number of rotatable bonds is 6. The molecule has 2 heterocycles. The average Bonchev–Trinajstić information content (AvgIpc) is 3.54. The van der Waals surface area contributed by atoms with E-state index in [1.54, 1.807) is 60.8 Å². The Kier molecular flexibility index (Phi) is 6.22. The summed E-state index contributed by atoms with van der Waals surface area (Å²) in [4.78, 5) is 37.1. The van der Waals surface area contributed by atoms with Crippen LogP contribution in [0.1, 0.15) is 31.3 Å². The van der Waals surface area contributed by atoms with E-state index in [4.69, 9.17) is 9.47 Å². The molecule has 172 valence electrons. The van der Waals surface area contributed by atoms with Gasteiger partial charge in [-0.3, -0.25) is 0 Å². The van der Waals surface area contributed by atoms with Crippen LogP contribution < -0.4 is 0 Å². The van der Waals surface area contributed by atoms with Gasteiger partial charge in [0.05, 0.1) is 32.7 Å². The summed E-state index contributed by atoms with van der Waals surface area (Å²) < 4.78 is 17.4. The van der Waals surface area contributed by atoms with Crippen LogP contribution in [0.3, 0.4) is 0 Å². The van der Waals surface area contributed by atoms with E-state index in [-0.39, 0.29) is 22.6 Å². The van der Waals surface area contributed by atoms with E-state index >= 15 is 0 Å². The van der Waals surface area contributed by atoms with Gasteiger partial charge in [-0.1, -0.05) is 30.3 Å². The zero-order valence-electron chi connectivity index (χ0n) is 18.6. The fraction of sp³-hybridized carbons (Fsp3) is 0.125. The third-order valence-electron chi connectivity index (χ3n) is 5.04. The third kappa shape index (κ3) is 4.04. The Morgan fingerprint density at radius 2 is 1.35 bits per heavy atom. The van der Waals surface area contributed by atoms with E-state index < -0.39 is 17.9 Å². The van der Waals surface area contributed by atoms with Crippen LogP contribution in [-0.2, 0) is 14.2 Å². The molecule has 10 heteroatoms. The van der Waals surface area contributed by atoms with Crippen molar-refractivity contribution in [3.8, 4) is 22.6 Å². The molecule has 4 rings (SSSR count). The van der Waals surface area contributed by atoms with E-state index in [0.29, 0.717) is 16.9 Å². The zero-order valence-corrected chi connectivity index (χ0v) is 18.6. The molecule has 0 spiro atoms. The smallest absolute Gasteiger partial charge is 0.358 e. The Morgan fingerprint density at radius 1 is 0.706 bits per heavy atom. The summed E-state index contributed by atoms with van der Waals surface area (Å²) in [5.41, 5.74) is 2.15. The van der Waals surface area contributed by atoms with Crippen LogP contribution in [0.25, 0.3) is 22.6 Å². The highest BCUT2D eigenvalue weighted by molar-refractivity contribution is 6.06. The molecule has 0 saturated carbocycles. The largest absolute Gasteiger partial charge is 0.465 e. The van der Waals surface area contributed by atoms with Gasteiger partial charge < -0.3 is 14.2 Å². The number of carbonyl (C=O) groups excluding carboxylic acids is 3. The molecule has 34 heavy (non-hydrogen) atoms. The summed E-state index contributed by atoms with van der Waals surface area (Å²) in [5, 5.41) is 8.75. The molecular formula is C24H20N4O6. The van der Waals surface area contributed by atoms with Crippen LogP contribution in [0.4, 0.5) is 0 Å². The van der Waals surface area contributed by atoms with Crippen molar-refractivity contribution in [1.29, 1.82) is 0 Å². The van der Waals surface area contributed by atoms with E-state index in [9.17, 15) is 14.4 Å². The maximum Gasteiger partial charge on any atom is 0.358 e. The summed E-state index contributed by atoms with van der Waals surface area (Å²) >= 11 is 0. The van der Waals surface area contributed by atoms with Crippen molar-refractivity contribution < 1.29 is 28.6 Å². The van der Waals surface area contributed by atoms with Crippen LogP contribution >= 0.6 is 0 Å². The molecule has 0 N–H and O–H groups in total. The molecule has 0 fully saturated rings. The van der Waals surface area contributed by atoms with Gasteiger partial charge in [-0.25, -0.2) is 23.7 Å². The lowest BCUT2D eigenvalue weighted by Crippen LogP contribution is -2.15. The molecule has 0 amide bonds. The first kappa shape index (κ1) is 22.5. The second kappa shape index (κ2) is 9.41. The number of nitrogens with zero attached hydrogens (tertiary/aromatic N) is 4. The monoisotopic (exact) mass is 460 g/mol. The SMILES string of the molecule is COC(=O)c1ccn(-c2ccc(-c3nn(-c4ccccc4)c(C(=O)OC)c3C(=O)OC)cc2)n1. The molecule has 0 radical (unpaired) electrons. The normalized spacial score (nSPS) is 10.6. The minimum Gasteiger partial charge on any atom is -0.465 e. The molecule has 0 aliphatic carbocycles. The maximum absolute atomic E-state index is 12.7. The van der Waals surface area contributed by atoms with Crippen molar-refractivity contribution in [2.75, 3.05) is 21.3 Å². The van der Waals surface area contributed by atoms with Crippen LogP contribution in [0, 0.1) is 0 Å². The minimum atomic E-state index is -0.730. The Balaban J connectivity index is 1.83. The van der Waals surface area contributed by atoms with Crippen LogP contribution in [0.15, 0.2) is 66.9 Å². The quantitative estimate of drug-likeness (QED) is 0.319. The van der Waals surface area contributed by atoms with Gasteiger partial charge in [0, 0.05) is 11.8 Å². The first-order valence-corrected chi connectivity index (χ1v) is 10.1. The lowest BCUT2D eigenvalue weighted by molar-refractivity contribution is 0.0549. The zero-order chi connectivity index (χ0) is 24.2. The van der Waals surface area contributed by atoms with Crippen LogP contribution in [0.5, 0.6) is 0 Å². The lowest BCUT2D eigenvalue weighted by Gasteiger charge is -2.07. The first-order chi connectivity index (χ1) is 16.5. The molecule has 0 saturated heterocycles. The van der Waals surface area contributed by atoms with Crippen LogP contribution in [-0.4, -0.2) is 58.8 Å². The Hall–Kier alpha value is -4.73. The van der Waals surface area contributed by atoms with E-state index in [1.807, 2.05) is 6.07 Å². The molecule has 2 aromatic carbocycles. The van der Waals surface area contributed by atoms with E-state index in [0.717, 1.165) is 0 Å². The number of hydrogen-bond donors (Lipinski definition) is 0. The van der Waals surface area contributed by atoms with Gasteiger partial charge >= 0.3 is 17.9 Å². The highest BCUT2D eigenvalue weighted by Gasteiger charge is 2.31. The molecular weight excluding hydrogens is 440 g/mol. The molecule has 0 aliphatic heterocycles. The first-order valence-electron chi connectivity index (χ1n) is 10.1. The van der Waals surface area contributed by atoms with Crippen molar-refractivity contribution in [2.24, 2.45) is 0 Å². The fourth-order valence-electron chi connectivity index (χ4n) is 3.41. The molecule has 0 atom stereocenters. The van der Waals surface area contributed by atoms with Crippen molar-refractivity contribution in [2.45, 2.75) is 0 Å². The molecule has 2 aromatic heterocycles. The topological polar surface area (TPSA) is 115 Å². The summed E-state index contributed by atoms with van der Waals surface area (Å²) in [7, 11) is 3.74. The molecule has 0 aliphatic rings. The van der Waals surface area contributed by atoms with Crippen LogP contribution in [0.2, 0.25) is 0 Å². The van der Waals surface area contributed by atoms with Gasteiger partial charge in [0.25, 0.3) is 0 Å². The number of hydrogen-bond acceptors (Lipinski definition) is 8. The van der Waals surface area contributed by atoms with Gasteiger partial charge in [0.2, 0.25) is 0 Å². The summed E-state index contributed by atoms with van der Waals surface area (Å²) in [6.45, 7) is 0. The van der Waals surface area contributed by atoms with E-state index in [1.165, 1.54) is 30.7 Å². The van der Waals surface area contributed by atoms with Crippen molar-refractivity contribution in [3.63, 3.8) is 0 Å². The van der Waals surface area contributed by atoms with Gasteiger partial charge in [-0.05, 0) is 30.3 Å². The number of benzene rings is 2. The predicted molar refractivity (Wildman–Crippen MR) is 120 cm³/mol. The Bertz CT molecular complexity index is 1360. The number of methoxy groups -OCH3 is 3. The fourth-order valence-corrected chi connectivity index (χ4v) is 3.41. The number of ether oxygens (including phenoxy) is 3. The van der Waals surface area contributed by atoms with Gasteiger partial charge in [0.1, 0.15) is 11.3 Å². The maximum atomic E-state index is 12.7. The van der Waals surface area contributed by atoms with Gasteiger partial charge in [-0.2, -0.15) is 10.2 Å². The van der Waals surface area contributed by atoms with E-state index in [2.05, 4.69) is 14.9 Å². The molecule has 0 unspecified atom stereocenters. The Morgan fingerprint density at radius 3 is 1.97 bits per heavy atom. The number of aromatic nitrogens is 4. The molecule has 0 bridgehead atoms. The highest BCUT2D eigenvalue weighted by Crippen LogP contribution is 2.29. The molecule has 10 nitrogen and oxygen atoms in total. The standard InChI is InChI=1S/C24H20N4O6/c1-32-22(29)18-13-14-27(25-18)16-11-9-15(10-12-16)20-19(23(30)33-2)21(24(31)34-3)28(26-20)17-7-5-4-6-8-17/h4-14H,1-3H3. The van der Waals surface area contributed by atoms with Crippen molar-refractivity contribution in [1.82, 2.24) is 19.6 Å². The third-order valence-corrected chi connectivity index (χ3v) is 5.04. The van der Waals surface area contributed by atoms with Crippen molar-refractivity contribution in [3.05, 3.63) is 83.8 Å². The van der Waals surface area contributed by atoms with Crippen molar-refractivity contribution >= 4 is 17.9 Å². The highest BCUT2D eigenvalue weighted by atomic mass is 16.5.